The number of nitrogens with two attached hydrogens (primary N) is 1. The van der Waals surface area contributed by atoms with Gasteiger partial charge in [0.15, 0.2) is 0 Å². The van der Waals surface area contributed by atoms with Crippen LogP contribution >= 0.6 is 0 Å². The highest BCUT2D eigenvalue weighted by Gasteiger charge is 2.39. The minimum atomic E-state index is -2.53. The van der Waals surface area contributed by atoms with E-state index in [1.165, 1.54) is 0 Å². The van der Waals surface area contributed by atoms with Crippen LogP contribution in [0.15, 0.2) is 0 Å². The molecule has 0 radical (unpaired) electrons. The Balaban J connectivity index is 4.43. The minimum Gasteiger partial charge on any atom is -0.357 e. The average molecular weight is 149 g/mol. The normalized spacial score (nSPS) is 9.30. The van der Waals surface area contributed by atoms with Gasteiger partial charge in [0, 0.05) is 0 Å². The fourth-order valence-corrected chi connectivity index (χ4v) is 0.285. The zero-order valence-electron chi connectivity index (χ0n) is 4.59. The summed E-state index contributed by atoms with van der Waals surface area (Å²) in [5.74, 6) is -1.57. The van der Waals surface area contributed by atoms with Crippen LogP contribution in [0.25, 0.3) is 0 Å². The number of amides is 1. The Hall–Kier alpha value is -1.73. The topological polar surface area (TPSA) is 129 Å². The third-order valence-corrected chi connectivity index (χ3v) is 0.654. The van der Waals surface area contributed by atoms with Crippen molar-refractivity contribution in [3.8, 4) is 0 Å². The number of nitrogens with zero attached hydrogens (tertiary/aromatic N) is 2. The molecule has 0 aliphatic carbocycles. The van der Waals surface area contributed by atoms with Crippen LogP contribution in [0, 0.1) is 20.2 Å². The van der Waals surface area contributed by atoms with Crippen molar-refractivity contribution in [1.82, 2.24) is 0 Å². The summed E-state index contributed by atoms with van der Waals surface area (Å²) >= 11 is 0. The summed E-state index contributed by atoms with van der Waals surface area (Å²) in [7, 11) is 0. The fraction of sp³-hybridized carbons (Fsp3) is 0.500. The molecule has 10 heavy (non-hydrogen) atoms. The molecule has 0 fully saturated rings. The van der Waals surface area contributed by atoms with E-state index in [1.807, 2.05) is 0 Å². The first-order chi connectivity index (χ1) is 4.46. The van der Waals surface area contributed by atoms with Crippen LogP contribution in [-0.2, 0) is 4.79 Å². The van der Waals surface area contributed by atoms with Crippen LogP contribution < -0.4 is 5.73 Å². The molecule has 0 aromatic heterocycles. The highest BCUT2D eigenvalue weighted by molar-refractivity contribution is 5.76. The Labute approximate surface area is 53.9 Å². The molecule has 0 spiro atoms. The molecule has 0 unspecified atom stereocenters. The minimum absolute atomic E-state index is 1.36. The van der Waals surface area contributed by atoms with Crippen molar-refractivity contribution < 1.29 is 14.6 Å². The lowest BCUT2D eigenvalue weighted by molar-refractivity contribution is -0.723. The lowest BCUT2D eigenvalue weighted by Crippen LogP contribution is -2.41. The molecule has 0 aromatic rings. The highest BCUT2D eigenvalue weighted by Crippen LogP contribution is 1.88. The largest absolute Gasteiger partial charge is 0.526 e. The third kappa shape index (κ3) is 1.65. The molecule has 1 amide bonds. The van der Waals surface area contributed by atoms with Gasteiger partial charge in [-0.2, -0.15) is 0 Å². The molecule has 0 aromatic carbocycles. The quantitative estimate of drug-likeness (QED) is 0.292. The summed E-state index contributed by atoms with van der Waals surface area (Å²) in [6.45, 7) is 0. The summed E-state index contributed by atoms with van der Waals surface area (Å²) in [6.07, 6.45) is -2.53. The van der Waals surface area contributed by atoms with Crippen molar-refractivity contribution in [3.63, 3.8) is 0 Å². The monoisotopic (exact) mass is 149 g/mol. The number of rotatable bonds is 3. The van der Waals surface area contributed by atoms with Crippen LogP contribution in [0.5, 0.6) is 0 Å². The van der Waals surface area contributed by atoms with Crippen molar-refractivity contribution in [1.29, 1.82) is 0 Å². The Bertz CT molecular complexity index is 154. The van der Waals surface area contributed by atoms with Crippen molar-refractivity contribution in [2.24, 2.45) is 5.73 Å². The van der Waals surface area contributed by atoms with Gasteiger partial charge in [0.1, 0.15) is 9.85 Å². The van der Waals surface area contributed by atoms with Crippen molar-refractivity contribution in [2.45, 2.75) is 6.17 Å². The second-order valence-corrected chi connectivity index (χ2v) is 1.35. The van der Waals surface area contributed by atoms with Gasteiger partial charge in [-0.25, -0.2) is 0 Å². The maximum atomic E-state index is 9.92. The second kappa shape index (κ2) is 2.71. The fourth-order valence-electron chi connectivity index (χ4n) is 0.285. The van der Waals surface area contributed by atoms with E-state index in [2.05, 4.69) is 5.73 Å². The number of nitro groups is 2. The first-order valence-electron chi connectivity index (χ1n) is 2.03. The summed E-state index contributed by atoms with van der Waals surface area (Å²) in [5, 5.41) is 19.3. The SMILES string of the molecule is NC(=O)C([N+](=O)[O-])[N+](=O)[O-]. The molecule has 2 N–H and O–H groups in total. The van der Waals surface area contributed by atoms with Gasteiger partial charge in [-0.15, -0.1) is 0 Å². The van der Waals surface area contributed by atoms with Crippen LogP contribution in [0.1, 0.15) is 0 Å². The van der Waals surface area contributed by atoms with Crippen molar-refractivity contribution in [2.75, 3.05) is 0 Å². The molecule has 0 bridgehead atoms. The molecule has 0 atom stereocenters. The van der Waals surface area contributed by atoms with Gasteiger partial charge in [0.2, 0.25) is 0 Å². The van der Waals surface area contributed by atoms with Gasteiger partial charge < -0.3 is 5.73 Å². The van der Waals surface area contributed by atoms with Crippen molar-refractivity contribution in [3.05, 3.63) is 20.2 Å². The van der Waals surface area contributed by atoms with E-state index in [0.29, 0.717) is 0 Å². The van der Waals surface area contributed by atoms with Crippen LogP contribution in [0.4, 0.5) is 0 Å². The number of carbonyl (C=O) groups excluding carboxylic acids is 1. The maximum Gasteiger partial charge on any atom is 0.526 e. The molecule has 0 aliphatic rings. The van der Waals surface area contributed by atoms with Gasteiger partial charge in [-0.1, -0.05) is 0 Å². The van der Waals surface area contributed by atoms with Crippen molar-refractivity contribution >= 4 is 5.91 Å². The van der Waals surface area contributed by atoms with Crippen LogP contribution in [-0.4, -0.2) is 21.9 Å². The molecular weight excluding hydrogens is 146 g/mol. The van der Waals surface area contributed by atoms with E-state index in [0.717, 1.165) is 0 Å². The maximum absolute atomic E-state index is 9.92. The van der Waals surface area contributed by atoms with Gasteiger partial charge in [0.25, 0.3) is 0 Å². The van der Waals surface area contributed by atoms with Crippen LogP contribution in [0.3, 0.4) is 0 Å². The van der Waals surface area contributed by atoms with Gasteiger partial charge in [0.05, 0.1) is 0 Å². The smallest absolute Gasteiger partial charge is 0.357 e. The van der Waals surface area contributed by atoms with Gasteiger partial charge >= 0.3 is 12.1 Å². The zero-order chi connectivity index (χ0) is 8.31. The number of hydrogen-bond acceptors (Lipinski definition) is 5. The summed E-state index contributed by atoms with van der Waals surface area (Å²) in [6, 6.07) is 0. The third-order valence-electron chi connectivity index (χ3n) is 0.654. The van der Waals surface area contributed by atoms with E-state index >= 15 is 0 Å². The Morgan fingerprint density at radius 2 is 1.60 bits per heavy atom. The summed E-state index contributed by atoms with van der Waals surface area (Å²) in [5.41, 5.74) is 4.32. The first-order valence-corrected chi connectivity index (χ1v) is 2.03. The molecule has 0 rings (SSSR count). The standard InChI is InChI=1S/C2H3N3O5/c3-1(6)2(4(7)8)5(9)10/h2H,(H2,3,6). The summed E-state index contributed by atoms with van der Waals surface area (Å²) < 4.78 is 0. The molecule has 56 valence electrons. The van der Waals surface area contributed by atoms with E-state index in [4.69, 9.17) is 0 Å². The van der Waals surface area contributed by atoms with E-state index in [9.17, 15) is 25.0 Å². The Kier molecular flexibility index (Phi) is 2.24. The molecule has 0 saturated carbocycles. The Morgan fingerprint density at radius 1 is 1.30 bits per heavy atom. The van der Waals surface area contributed by atoms with E-state index in [1.54, 1.807) is 0 Å². The van der Waals surface area contributed by atoms with E-state index < -0.39 is 21.9 Å². The summed E-state index contributed by atoms with van der Waals surface area (Å²) in [4.78, 5) is 26.5. The van der Waals surface area contributed by atoms with E-state index in [-0.39, 0.29) is 0 Å². The number of hydrogen-bond donors (Lipinski definition) is 1. The molecule has 0 heterocycles. The number of primary amides is 1. The molecule has 8 nitrogen and oxygen atoms in total. The second-order valence-electron chi connectivity index (χ2n) is 1.35. The molecule has 8 heteroatoms. The highest BCUT2D eigenvalue weighted by atomic mass is 16.7. The molecule has 0 aliphatic heterocycles. The zero-order valence-corrected chi connectivity index (χ0v) is 4.59. The average Bonchev–Trinajstić information content (AvgIpc) is 1.59. The molecule has 0 saturated heterocycles. The predicted octanol–water partition coefficient (Wildman–Crippen LogP) is -1.65. The molecular formula is C2H3N3O5. The van der Waals surface area contributed by atoms with Gasteiger partial charge in [-0.05, 0) is 0 Å². The predicted molar refractivity (Wildman–Crippen MR) is 27.0 cm³/mol. The lowest BCUT2D eigenvalue weighted by Gasteiger charge is -1.94. The van der Waals surface area contributed by atoms with Crippen LogP contribution in [0.2, 0.25) is 0 Å². The Morgan fingerprint density at radius 3 is 1.60 bits per heavy atom. The lowest BCUT2D eigenvalue weighted by atomic mass is 10.5. The van der Waals surface area contributed by atoms with Gasteiger partial charge in [-0.3, -0.25) is 25.0 Å². The number of carbonyl (C=O) groups is 1. The first kappa shape index (κ1) is 8.27.